The third-order valence-electron chi connectivity index (χ3n) is 6.42. The summed E-state index contributed by atoms with van der Waals surface area (Å²) in [6, 6.07) is 11.8. The van der Waals surface area contributed by atoms with Gasteiger partial charge < -0.3 is 20.1 Å². The number of hydrogen-bond donors (Lipinski definition) is 2. The Hall–Kier alpha value is -3.28. The molecule has 32 heavy (non-hydrogen) atoms. The summed E-state index contributed by atoms with van der Waals surface area (Å²) in [5, 5.41) is 6.73. The summed E-state index contributed by atoms with van der Waals surface area (Å²) in [6.45, 7) is 5.45. The standard InChI is InChI=1S/C26H30N2O4/c1-5-15(2)27-26(30)18-9-11-22-21(13-18)19-7-6-8-20(19)25(28-22)17-10-12-23(32-16(3)29)24(14-17)31-4/h6-7,9-15,19-20,25,28H,5,8H2,1-4H3,(H,27,30). The average molecular weight is 435 g/mol. The molecule has 0 saturated heterocycles. The van der Waals surface area contributed by atoms with Gasteiger partial charge in [-0.3, -0.25) is 9.59 Å². The highest BCUT2D eigenvalue weighted by Crippen LogP contribution is 2.50. The Kier molecular flexibility index (Phi) is 6.21. The molecule has 0 fully saturated rings. The lowest BCUT2D eigenvalue weighted by Crippen LogP contribution is -2.33. The number of hydrogen-bond acceptors (Lipinski definition) is 5. The van der Waals surface area contributed by atoms with Crippen molar-refractivity contribution >= 4 is 17.6 Å². The monoisotopic (exact) mass is 434 g/mol. The molecule has 1 aliphatic carbocycles. The predicted octanol–water partition coefficient (Wildman–Crippen LogP) is 4.98. The summed E-state index contributed by atoms with van der Waals surface area (Å²) in [6.07, 6.45) is 6.31. The number of methoxy groups -OCH3 is 1. The van der Waals surface area contributed by atoms with Gasteiger partial charge in [0.2, 0.25) is 0 Å². The first-order chi connectivity index (χ1) is 15.4. The van der Waals surface area contributed by atoms with Crippen molar-refractivity contribution in [3.63, 3.8) is 0 Å². The van der Waals surface area contributed by atoms with E-state index in [0.717, 1.165) is 29.7 Å². The minimum absolute atomic E-state index is 0.0337. The first-order valence-corrected chi connectivity index (χ1v) is 11.2. The lowest BCUT2D eigenvalue weighted by molar-refractivity contribution is -0.132. The van der Waals surface area contributed by atoms with Gasteiger partial charge in [-0.1, -0.05) is 25.1 Å². The molecule has 168 valence electrons. The van der Waals surface area contributed by atoms with E-state index in [1.54, 1.807) is 13.2 Å². The van der Waals surface area contributed by atoms with Gasteiger partial charge in [0.1, 0.15) is 0 Å². The van der Waals surface area contributed by atoms with Crippen molar-refractivity contribution in [1.82, 2.24) is 5.32 Å². The number of fused-ring (bicyclic) bond motifs is 3. The van der Waals surface area contributed by atoms with Gasteiger partial charge in [0, 0.05) is 30.1 Å². The highest BCUT2D eigenvalue weighted by molar-refractivity contribution is 5.95. The summed E-state index contributed by atoms with van der Waals surface area (Å²) < 4.78 is 10.7. The maximum atomic E-state index is 12.7. The number of ether oxygens (including phenoxy) is 2. The SMILES string of the molecule is CCC(C)NC(=O)c1ccc2c(c1)C1C=CCC1C(c1ccc(OC(C)=O)c(OC)c1)N2. The number of carbonyl (C=O) groups excluding carboxylic acids is 2. The van der Waals surface area contributed by atoms with Crippen LogP contribution >= 0.6 is 0 Å². The number of amides is 1. The van der Waals surface area contributed by atoms with E-state index >= 15 is 0 Å². The van der Waals surface area contributed by atoms with Crippen LogP contribution in [0, 0.1) is 5.92 Å². The topological polar surface area (TPSA) is 76.7 Å². The van der Waals surface area contributed by atoms with E-state index in [1.807, 2.05) is 37.3 Å². The fourth-order valence-corrected chi connectivity index (χ4v) is 4.59. The molecule has 1 amide bonds. The Labute approximate surface area is 189 Å². The van der Waals surface area contributed by atoms with Crippen LogP contribution in [0.5, 0.6) is 11.5 Å². The zero-order valence-corrected chi connectivity index (χ0v) is 19.0. The van der Waals surface area contributed by atoms with Gasteiger partial charge >= 0.3 is 5.97 Å². The lowest BCUT2D eigenvalue weighted by atomic mass is 9.76. The van der Waals surface area contributed by atoms with Crippen molar-refractivity contribution in [2.75, 3.05) is 12.4 Å². The zero-order valence-electron chi connectivity index (χ0n) is 19.0. The van der Waals surface area contributed by atoms with E-state index in [9.17, 15) is 9.59 Å². The van der Waals surface area contributed by atoms with Crippen LogP contribution in [0.25, 0.3) is 0 Å². The normalized spacial score (nSPS) is 21.7. The molecular weight excluding hydrogens is 404 g/mol. The van der Waals surface area contributed by atoms with Crippen molar-refractivity contribution in [3.8, 4) is 11.5 Å². The highest BCUT2D eigenvalue weighted by Gasteiger charge is 2.38. The number of anilines is 1. The summed E-state index contributed by atoms with van der Waals surface area (Å²) >= 11 is 0. The molecule has 2 aromatic rings. The molecule has 2 N–H and O–H groups in total. The van der Waals surface area contributed by atoms with E-state index in [1.165, 1.54) is 6.92 Å². The predicted molar refractivity (Wildman–Crippen MR) is 124 cm³/mol. The smallest absolute Gasteiger partial charge is 0.308 e. The lowest BCUT2D eigenvalue weighted by Gasteiger charge is -2.38. The number of esters is 1. The molecule has 0 saturated carbocycles. The average Bonchev–Trinajstić information content (AvgIpc) is 3.28. The number of allylic oxidation sites excluding steroid dienone is 2. The van der Waals surface area contributed by atoms with Crippen LogP contribution < -0.4 is 20.1 Å². The van der Waals surface area contributed by atoms with Crippen LogP contribution in [0.15, 0.2) is 48.6 Å². The molecule has 6 heteroatoms. The molecule has 2 aliphatic rings. The summed E-state index contributed by atoms with van der Waals surface area (Å²) in [5.74, 6) is 1.08. The van der Waals surface area contributed by atoms with E-state index < -0.39 is 0 Å². The van der Waals surface area contributed by atoms with Gasteiger partial charge in [0.15, 0.2) is 11.5 Å². The van der Waals surface area contributed by atoms with Crippen LogP contribution in [-0.2, 0) is 4.79 Å². The Bertz CT molecular complexity index is 1060. The second-order valence-electron chi connectivity index (χ2n) is 8.56. The maximum absolute atomic E-state index is 12.7. The summed E-state index contributed by atoms with van der Waals surface area (Å²) in [4.78, 5) is 24.0. The van der Waals surface area contributed by atoms with Crippen molar-refractivity contribution in [1.29, 1.82) is 0 Å². The van der Waals surface area contributed by atoms with E-state index in [0.29, 0.717) is 23.0 Å². The first-order valence-electron chi connectivity index (χ1n) is 11.2. The fraction of sp³-hybridized carbons (Fsp3) is 0.385. The van der Waals surface area contributed by atoms with Gasteiger partial charge in [-0.25, -0.2) is 0 Å². The van der Waals surface area contributed by atoms with Gasteiger partial charge in [-0.15, -0.1) is 0 Å². The van der Waals surface area contributed by atoms with E-state index in [-0.39, 0.29) is 29.9 Å². The van der Waals surface area contributed by atoms with Gasteiger partial charge in [0.25, 0.3) is 5.91 Å². The number of nitrogens with one attached hydrogen (secondary N) is 2. The number of rotatable bonds is 6. The Morgan fingerprint density at radius 2 is 2.00 bits per heavy atom. The molecule has 0 bridgehead atoms. The van der Waals surface area contributed by atoms with Crippen LogP contribution in [-0.4, -0.2) is 25.0 Å². The maximum Gasteiger partial charge on any atom is 0.308 e. The fourth-order valence-electron chi connectivity index (χ4n) is 4.59. The molecule has 0 spiro atoms. The second kappa shape index (κ2) is 9.07. The Morgan fingerprint density at radius 3 is 2.72 bits per heavy atom. The number of carbonyl (C=O) groups is 2. The van der Waals surface area contributed by atoms with E-state index in [2.05, 4.69) is 29.7 Å². The minimum Gasteiger partial charge on any atom is -0.493 e. The Morgan fingerprint density at radius 1 is 1.19 bits per heavy atom. The molecule has 2 aromatic carbocycles. The molecule has 4 rings (SSSR count). The van der Waals surface area contributed by atoms with E-state index in [4.69, 9.17) is 9.47 Å². The van der Waals surface area contributed by atoms with Gasteiger partial charge in [-0.2, -0.15) is 0 Å². The van der Waals surface area contributed by atoms with Gasteiger partial charge in [-0.05, 0) is 67.1 Å². The molecule has 6 nitrogen and oxygen atoms in total. The quantitative estimate of drug-likeness (QED) is 0.381. The highest BCUT2D eigenvalue weighted by atomic mass is 16.6. The largest absolute Gasteiger partial charge is 0.493 e. The molecule has 0 radical (unpaired) electrons. The minimum atomic E-state index is -0.381. The van der Waals surface area contributed by atoms with Crippen LogP contribution in [0.2, 0.25) is 0 Å². The second-order valence-corrected chi connectivity index (χ2v) is 8.56. The third kappa shape index (κ3) is 4.22. The van der Waals surface area contributed by atoms with Crippen molar-refractivity contribution in [2.45, 2.75) is 51.6 Å². The molecule has 4 atom stereocenters. The molecule has 4 unspecified atom stereocenters. The van der Waals surface area contributed by atoms with Crippen molar-refractivity contribution < 1.29 is 19.1 Å². The van der Waals surface area contributed by atoms with Gasteiger partial charge in [0.05, 0.1) is 13.2 Å². The summed E-state index contributed by atoms with van der Waals surface area (Å²) in [7, 11) is 1.57. The summed E-state index contributed by atoms with van der Waals surface area (Å²) in [5.41, 5.74) is 3.95. The number of benzene rings is 2. The first kappa shape index (κ1) is 21.9. The third-order valence-corrected chi connectivity index (χ3v) is 6.42. The van der Waals surface area contributed by atoms with Crippen LogP contribution in [0.4, 0.5) is 5.69 Å². The Balaban J connectivity index is 1.64. The van der Waals surface area contributed by atoms with Crippen LogP contribution in [0.3, 0.4) is 0 Å². The molecule has 1 heterocycles. The van der Waals surface area contributed by atoms with Crippen molar-refractivity contribution in [2.24, 2.45) is 5.92 Å². The molecule has 1 aliphatic heterocycles. The zero-order chi connectivity index (χ0) is 22.8. The molecule has 0 aromatic heterocycles. The van der Waals surface area contributed by atoms with Crippen LogP contribution in [0.1, 0.15) is 67.1 Å². The molecular formula is C26H30N2O4. The van der Waals surface area contributed by atoms with Crippen molar-refractivity contribution in [3.05, 3.63) is 65.2 Å².